The minimum Gasteiger partial charge on any atom is -0.244 e. The summed E-state index contributed by atoms with van der Waals surface area (Å²) < 4.78 is 0. The fraction of sp³-hybridized carbons (Fsp3) is 0.167. The fourth-order valence-electron chi connectivity index (χ4n) is 0.971. The van der Waals surface area contributed by atoms with Crippen LogP contribution >= 0.6 is 46.4 Å². The van der Waals surface area contributed by atoms with Crippen molar-refractivity contribution in [3.63, 3.8) is 0 Å². The maximum atomic E-state index is 5.51. The lowest BCUT2D eigenvalue weighted by molar-refractivity contribution is 1.25. The maximum absolute atomic E-state index is 5.51. The van der Waals surface area contributed by atoms with Crippen molar-refractivity contribution in [1.82, 2.24) is 9.97 Å². The standard InChI is InChI=1S/2C6H5Cl2N/c2*7-3-5-1-2-6(8)9-4-5/h2*1-2,4H,3H2. The highest BCUT2D eigenvalue weighted by molar-refractivity contribution is 6.29. The van der Waals surface area contributed by atoms with Crippen molar-refractivity contribution in [2.75, 3.05) is 0 Å². The second-order valence-corrected chi connectivity index (χ2v) is 4.55. The quantitative estimate of drug-likeness (QED) is 0.577. The molecule has 0 aliphatic carbocycles. The van der Waals surface area contributed by atoms with Gasteiger partial charge in [0, 0.05) is 24.2 Å². The smallest absolute Gasteiger partial charge is 0.129 e. The van der Waals surface area contributed by atoms with Gasteiger partial charge in [-0.15, -0.1) is 23.2 Å². The van der Waals surface area contributed by atoms with E-state index in [1.54, 1.807) is 24.5 Å². The van der Waals surface area contributed by atoms with Crippen molar-refractivity contribution in [1.29, 1.82) is 0 Å². The molecule has 0 aliphatic rings. The third-order valence-electron chi connectivity index (χ3n) is 1.89. The molecule has 0 N–H and O–H groups in total. The second-order valence-electron chi connectivity index (χ2n) is 3.25. The number of pyridine rings is 2. The van der Waals surface area contributed by atoms with E-state index in [0.717, 1.165) is 11.1 Å². The highest BCUT2D eigenvalue weighted by atomic mass is 35.5. The molecule has 0 aromatic carbocycles. The SMILES string of the molecule is ClCc1ccc(Cl)nc1.ClCc1ccc(Cl)nc1. The molecule has 0 fully saturated rings. The van der Waals surface area contributed by atoms with Crippen LogP contribution in [-0.2, 0) is 11.8 Å². The summed E-state index contributed by atoms with van der Waals surface area (Å²) in [5.41, 5.74) is 1.97. The first kappa shape index (κ1) is 15.5. The van der Waals surface area contributed by atoms with E-state index in [1.165, 1.54) is 0 Å². The lowest BCUT2D eigenvalue weighted by Crippen LogP contribution is -1.78. The zero-order valence-electron chi connectivity index (χ0n) is 9.28. The molecule has 18 heavy (non-hydrogen) atoms. The Morgan fingerprint density at radius 3 is 1.33 bits per heavy atom. The van der Waals surface area contributed by atoms with Gasteiger partial charge in [0.1, 0.15) is 10.3 Å². The molecule has 2 rings (SSSR count). The molecule has 0 unspecified atom stereocenters. The fourth-order valence-corrected chi connectivity index (χ4v) is 1.51. The Labute approximate surface area is 126 Å². The molecule has 0 amide bonds. The zero-order chi connectivity index (χ0) is 13.4. The molecule has 6 heteroatoms. The monoisotopic (exact) mass is 322 g/mol. The molecular weight excluding hydrogens is 314 g/mol. The van der Waals surface area contributed by atoms with E-state index < -0.39 is 0 Å². The van der Waals surface area contributed by atoms with Gasteiger partial charge in [-0.2, -0.15) is 0 Å². The minimum absolute atomic E-state index is 0.490. The van der Waals surface area contributed by atoms with Crippen molar-refractivity contribution >= 4 is 46.4 Å². The van der Waals surface area contributed by atoms with Crippen molar-refractivity contribution in [2.24, 2.45) is 0 Å². The lowest BCUT2D eigenvalue weighted by atomic mass is 10.3. The van der Waals surface area contributed by atoms with Crippen LogP contribution in [0.4, 0.5) is 0 Å². The van der Waals surface area contributed by atoms with Gasteiger partial charge < -0.3 is 0 Å². The van der Waals surface area contributed by atoms with Crippen LogP contribution in [0.3, 0.4) is 0 Å². The van der Waals surface area contributed by atoms with Crippen LogP contribution in [0.1, 0.15) is 11.1 Å². The van der Waals surface area contributed by atoms with Gasteiger partial charge in [0.05, 0.1) is 0 Å². The summed E-state index contributed by atoms with van der Waals surface area (Å²) in [6.45, 7) is 0. The molecule has 0 saturated carbocycles. The summed E-state index contributed by atoms with van der Waals surface area (Å²) in [7, 11) is 0. The number of hydrogen-bond donors (Lipinski definition) is 0. The number of aromatic nitrogens is 2. The molecule has 0 aliphatic heterocycles. The Morgan fingerprint density at radius 1 is 0.722 bits per heavy atom. The Morgan fingerprint density at radius 2 is 1.11 bits per heavy atom. The van der Waals surface area contributed by atoms with Crippen LogP contribution in [0.2, 0.25) is 10.3 Å². The summed E-state index contributed by atoms with van der Waals surface area (Å²) in [5.74, 6) is 0.980. The molecule has 0 saturated heterocycles. The minimum atomic E-state index is 0.490. The van der Waals surface area contributed by atoms with E-state index in [0.29, 0.717) is 22.1 Å². The van der Waals surface area contributed by atoms with Gasteiger partial charge in [0.2, 0.25) is 0 Å². The van der Waals surface area contributed by atoms with E-state index in [1.807, 2.05) is 12.1 Å². The van der Waals surface area contributed by atoms with Gasteiger partial charge in [-0.05, 0) is 23.3 Å². The van der Waals surface area contributed by atoms with Gasteiger partial charge in [0.15, 0.2) is 0 Å². The van der Waals surface area contributed by atoms with Crippen molar-refractivity contribution in [3.8, 4) is 0 Å². The van der Waals surface area contributed by atoms with Crippen LogP contribution in [-0.4, -0.2) is 9.97 Å². The third-order valence-corrected chi connectivity index (χ3v) is 2.95. The molecule has 2 nitrogen and oxygen atoms in total. The van der Waals surface area contributed by atoms with E-state index in [2.05, 4.69) is 9.97 Å². The maximum Gasteiger partial charge on any atom is 0.129 e. The largest absolute Gasteiger partial charge is 0.244 e. The average molecular weight is 324 g/mol. The molecule has 2 aromatic rings. The third kappa shape index (κ3) is 5.87. The first-order valence-corrected chi connectivity index (χ1v) is 6.81. The van der Waals surface area contributed by atoms with Crippen LogP contribution in [0, 0.1) is 0 Å². The van der Waals surface area contributed by atoms with Crippen molar-refractivity contribution in [2.45, 2.75) is 11.8 Å². The number of hydrogen-bond acceptors (Lipinski definition) is 2. The summed E-state index contributed by atoms with van der Waals surface area (Å²) in [5, 5.41) is 1.01. The van der Waals surface area contributed by atoms with E-state index in [9.17, 15) is 0 Å². The van der Waals surface area contributed by atoms with E-state index >= 15 is 0 Å². The molecule has 96 valence electrons. The second kappa shape index (κ2) is 8.54. The Hall–Kier alpha value is -0.540. The Bertz CT molecular complexity index is 411. The Kier molecular flexibility index (Phi) is 7.36. The van der Waals surface area contributed by atoms with Gasteiger partial charge in [0.25, 0.3) is 0 Å². The number of halogens is 4. The normalized spacial score (nSPS) is 9.56. The number of alkyl halides is 2. The molecule has 2 aromatic heterocycles. The van der Waals surface area contributed by atoms with Crippen LogP contribution in [0.25, 0.3) is 0 Å². The zero-order valence-corrected chi connectivity index (χ0v) is 12.3. The van der Waals surface area contributed by atoms with Gasteiger partial charge in [-0.3, -0.25) is 0 Å². The highest BCUT2D eigenvalue weighted by Gasteiger charge is 1.89. The van der Waals surface area contributed by atoms with Crippen LogP contribution in [0.15, 0.2) is 36.7 Å². The predicted octanol–water partition coefficient (Wildman–Crippen LogP) is 4.95. The molecule has 0 atom stereocenters. The van der Waals surface area contributed by atoms with Crippen molar-refractivity contribution in [3.05, 3.63) is 58.1 Å². The van der Waals surface area contributed by atoms with Crippen molar-refractivity contribution < 1.29 is 0 Å². The van der Waals surface area contributed by atoms with E-state index in [4.69, 9.17) is 46.4 Å². The summed E-state index contributed by atoms with van der Waals surface area (Å²) in [6, 6.07) is 7.14. The molecule has 0 spiro atoms. The number of nitrogens with zero attached hydrogens (tertiary/aromatic N) is 2. The van der Waals surface area contributed by atoms with Gasteiger partial charge >= 0.3 is 0 Å². The molecule has 0 radical (unpaired) electrons. The first-order chi connectivity index (χ1) is 8.65. The summed E-state index contributed by atoms with van der Waals surface area (Å²) in [4.78, 5) is 7.66. The number of rotatable bonds is 2. The molecular formula is C12H10Cl4N2. The molecule has 2 heterocycles. The van der Waals surface area contributed by atoms with Crippen LogP contribution < -0.4 is 0 Å². The topological polar surface area (TPSA) is 25.8 Å². The molecule has 0 bridgehead atoms. The Balaban J connectivity index is 0.000000180. The highest BCUT2D eigenvalue weighted by Crippen LogP contribution is 2.07. The van der Waals surface area contributed by atoms with Gasteiger partial charge in [-0.1, -0.05) is 35.3 Å². The van der Waals surface area contributed by atoms with Crippen LogP contribution in [0.5, 0.6) is 0 Å². The lowest BCUT2D eigenvalue weighted by Gasteiger charge is -1.91. The van der Waals surface area contributed by atoms with E-state index in [-0.39, 0.29) is 0 Å². The summed E-state index contributed by atoms with van der Waals surface area (Å²) >= 11 is 22.0. The van der Waals surface area contributed by atoms with Gasteiger partial charge in [-0.25, -0.2) is 9.97 Å². The summed E-state index contributed by atoms with van der Waals surface area (Å²) in [6.07, 6.45) is 3.32. The predicted molar refractivity (Wildman–Crippen MR) is 77.6 cm³/mol. The average Bonchev–Trinajstić information content (AvgIpc) is 2.41. The first-order valence-electron chi connectivity index (χ1n) is 4.98.